The molecule has 1 saturated heterocycles. The van der Waals surface area contributed by atoms with Crippen LogP contribution in [0.1, 0.15) is 18.5 Å². The van der Waals surface area contributed by atoms with E-state index in [0.717, 1.165) is 31.9 Å². The topological polar surface area (TPSA) is 48.4 Å². The molecule has 2 N–H and O–H groups in total. The van der Waals surface area contributed by atoms with Gasteiger partial charge in [-0.2, -0.15) is 0 Å². The van der Waals surface area contributed by atoms with Crippen molar-refractivity contribution in [1.82, 2.24) is 15.2 Å². The molecule has 0 aliphatic carbocycles. The maximum Gasteiger partial charge on any atom is 0.0795 e. The average Bonchev–Trinajstić information content (AvgIpc) is 2.90. The summed E-state index contributed by atoms with van der Waals surface area (Å²) in [5.41, 5.74) is 2.89. The molecule has 1 aromatic rings. The van der Waals surface area contributed by atoms with E-state index in [4.69, 9.17) is 0 Å². The van der Waals surface area contributed by atoms with E-state index in [1.54, 1.807) is 11.3 Å². The van der Waals surface area contributed by atoms with Crippen molar-refractivity contribution in [2.45, 2.75) is 25.5 Å². The Morgan fingerprint density at radius 2 is 2.31 bits per heavy atom. The average molecular weight is 241 g/mol. The molecule has 5 heteroatoms. The molecular weight excluding hydrogens is 222 g/mol. The first kappa shape index (κ1) is 12.0. The van der Waals surface area contributed by atoms with Crippen LogP contribution in [-0.2, 0) is 6.54 Å². The number of nitrogens with one attached hydrogen (secondary N) is 1. The third-order valence-corrected chi connectivity index (χ3v) is 3.47. The van der Waals surface area contributed by atoms with Gasteiger partial charge in [-0.1, -0.05) is 0 Å². The number of thiazole rings is 1. The summed E-state index contributed by atoms with van der Waals surface area (Å²) < 4.78 is 0. The highest BCUT2D eigenvalue weighted by atomic mass is 32.1. The van der Waals surface area contributed by atoms with E-state index in [1.807, 2.05) is 10.9 Å². The van der Waals surface area contributed by atoms with Gasteiger partial charge in [0.15, 0.2) is 0 Å². The standard InChI is InChI=1S/C11H19N3OS/c15-11(7-14-3-1-2-4-14)6-12-5-10-8-16-9-13-10/h8-9,11-12,15H,1-7H2. The van der Waals surface area contributed by atoms with Gasteiger partial charge in [0.05, 0.1) is 17.3 Å². The Morgan fingerprint density at radius 3 is 3.00 bits per heavy atom. The molecule has 1 atom stereocenters. The molecule has 0 amide bonds. The first-order chi connectivity index (χ1) is 7.84. The molecule has 16 heavy (non-hydrogen) atoms. The summed E-state index contributed by atoms with van der Waals surface area (Å²) in [5, 5.41) is 15.1. The maximum atomic E-state index is 9.82. The minimum atomic E-state index is -0.267. The third kappa shape index (κ3) is 3.83. The number of hydrogen-bond donors (Lipinski definition) is 2. The lowest BCUT2D eigenvalue weighted by atomic mass is 10.3. The minimum absolute atomic E-state index is 0.267. The summed E-state index contributed by atoms with van der Waals surface area (Å²) in [5.74, 6) is 0. The molecule has 0 saturated carbocycles. The van der Waals surface area contributed by atoms with Crippen LogP contribution >= 0.6 is 11.3 Å². The van der Waals surface area contributed by atoms with Crippen LogP contribution in [0.25, 0.3) is 0 Å². The summed E-state index contributed by atoms with van der Waals surface area (Å²) in [7, 11) is 0. The lowest BCUT2D eigenvalue weighted by molar-refractivity contribution is 0.123. The van der Waals surface area contributed by atoms with Gasteiger partial charge in [0.2, 0.25) is 0 Å². The van der Waals surface area contributed by atoms with Crippen LogP contribution in [0.15, 0.2) is 10.9 Å². The van der Waals surface area contributed by atoms with Crippen molar-refractivity contribution in [3.63, 3.8) is 0 Å². The Bertz CT molecular complexity index is 285. The number of aliphatic hydroxyl groups is 1. The molecule has 90 valence electrons. The third-order valence-electron chi connectivity index (χ3n) is 2.84. The van der Waals surface area contributed by atoms with Crippen LogP contribution in [-0.4, -0.2) is 47.3 Å². The highest BCUT2D eigenvalue weighted by Gasteiger charge is 2.15. The van der Waals surface area contributed by atoms with Crippen LogP contribution < -0.4 is 5.32 Å². The molecule has 1 aliphatic rings. The highest BCUT2D eigenvalue weighted by molar-refractivity contribution is 7.07. The summed E-state index contributed by atoms with van der Waals surface area (Å²) >= 11 is 1.60. The number of aliphatic hydroxyl groups excluding tert-OH is 1. The molecule has 1 unspecified atom stereocenters. The van der Waals surface area contributed by atoms with Crippen molar-refractivity contribution < 1.29 is 5.11 Å². The summed E-state index contributed by atoms with van der Waals surface area (Å²) in [6, 6.07) is 0. The number of rotatable bonds is 6. The maximum absolute atomic E-state index is 9.82. The Balaban J connectivity index is 1.58. The van der Waals surface area contributed by atoms with Gasteiger partial charge in [0, 0.05) is 25.0 Å². The van der Waals surface area contributed by atoms with Gasteiger partial charge in [0.1, 0.15) is 0 Å². The molecule has 0 radical (unpaired) electrons. The Morgan fingerprint density at radius 1 is 1.50 bits per heavy atom. The molecule has 0 spiro atoms. The number of aromatic nitrogens is 1. The van der Waals surface area contributed by atoms with Gasteiger partial charge < -0.3 is 15.3 Å². The van der Waals surface area contributed by atoms with Crippen molar-refractivity contribution in [2.24, 2.45) is 0 Å². The first-order valence-corrected chi connectivity index (χ1v) is 6.77. The SMILES string of the molecule is OC(CNCc1cscn1)CN1CCCC1. The van der Waals surface area contributed by atoms with Crippen LogP contribution in [0.5, 0.6) is 0 Å². The van der Waals surface area contributed by atoms with Crippen molar-refractivity contribution >= 4 is 11.3 Å². The zero-order chi connectivity index (χ0) is 11.2. The number of nitrogens with zero attached hydrogens (tertiary/aromatic N) is 2. The van der Waals surface area contributed by atoms with Gasteiger partial charge in [-0.15, -0.1) is 11.3 Å². The Labute approximate surface area is 100 Å². The fraction of sp³-hybridized carbons (Fsp3) is 0.727. The Hall–Kier alpha value is -0.490. The number of β-amino-alcohol motifs (C(OH)–C–C–N with tert-alkyl or cyclic N) is 1. The van der Waals surface area contributed by atoms with Gasteiger partial charge >= 0.3 is 0 Å². The minimum Gasteiger partial charge on any atom is -0.390 e. The molecule has 1 aliphatic heterocycles. The van der Waals surface area contributed by atoms with Gasteiger partial charge in [0.25, 0.3) is 0 Å². The number of likely N-dealkylation sites (tertiary alicyclic amines) is 1. The molecule has 2 heterocycles. The summed E-state index contributed by atoms with van der Waals surface area (Å²) in [6.45, 7) is 4.48. The lowest BCUT2D eigenvalue weighted by Crippen LogP contribution is -2.36. The van der Waals surface area contributed by atoms with E-state index in [0.29, 0.717) is 6.54 Å². The van der Waals surface area contributed by atoms with Crippen molar-refractivity contribution in [2.75, 3.05) is 26.2 Å². The van der Waals surface area contributed by atoms with E-state index in [1.165, 1.54) is 12.8 Å². The lowest BCUT2D eigenvalue weighted by Gasteiger charge is -2.19. The smallest absolute Gasteiger partial charge is 0.0795 e. The van der Waals surface area contributed by atoms with E-state index in [9.17, 15) is 5.11 Å². The molecule has 0 aromatic carbocycles. The van der Waals surface area contributed by atoms with Crippen molar-refractivity contribution in [3.05, 3.63) is 16.6 Å². The zero-order valence-corrected chi connectivity index (χ0v) is 10.2. The van der Waals surface area contributed by atoms with Crippen LogP contribution in [0.2, 0.25) is 0 Å². The van der Waals surface area contributed by atoms with Crippen LogP contribution in [0.3, 0.4) is 0 Å². The fourth-order valence-corrected chi connectivity index (χ4v) is 2.58. The monoisotopic (exact) mass is 241 g/mol. The van der Waals surface area contributed by atoms with E-state index < -0.39 is 0 Å². The predicted molar refractivity (Wildman–Crippen MR) is 65.5 cm³/mol. The zero-order valence-electron chi connectivity index (χ0n) is 9.43. The first-order valence-electron chi connectivity index (χ1n) is 5.83. The van der Waals surface area contributed by atoms with Gasteiger partial charge in [-0.3, -0.25) is 0 Å². The Kier molecular flexibility index (Phi) is 4.71. The molecular formula is C11H19N3OS. The predicted octanol–water partition coefficient (Wildman–Crippen LogP) is 0.689. The summed E-state index contributed by atoms with van der Waals surface area (Å²) in [4.78, 5) is 6.51. The van der Waals surface area contributed by atoms with Gasteiger partial charge in [-0.25, -0.2) is 4.98 Å². The normalized spacial score (nSPS) is 19.1. The van der Waals surface area contributed by atoms with Crippen LogP contribution in [0.4, 0.5) is 0 Å². The second-order valence-electron chi connectivity index (χ2n) is 4.27. The molecule has 1 fully saturated rings. The second-order valence-corrected chi connectivity index (χ2v) is 4.99. The molecule has 0 bridgehead atoms. The van der Waals surface area contributed by atoms with E-state index >= 15 is 0 Å². The molecule has 1 aromatic heterocycles. The van der Waals surface area contributed by atoms with Gasteiger partial charge in [-0.05, 0) is 25.9 Å². The van der Waals surface area contributed by atoms with Crippen LogP contribution in [0, 0.1) is 0 Å². The summed E-state index contributed by atoms with van der Waals surface area (Å²) in [6.07, 6.45) is 2.29. The van der Waals surface area contributed by atoms with Crippen molar-refractivity contribution in [3.8, 4) is 0 Å². The van der Waals surface area contributed by atoms with E-state index in [2.05, 4.69) is 15.2 Å². The molecule has 4 nitrogen and oxygen atoms in total. The molecule has 2 rings (SSSR count). The largest absolute Gasteiger partial charge is 0.390 e. The fourth-order valence-electron chi connectivity index (χ4n) is 2.02. The number of hydrogen-bond acceptors (Lipinski definition) is 5. The van der Waals surface area contributed by atoms with E-state index in [-0.39, 0.29) is 6.10 Å². The second kappa shape index (κ2) is 6.30. The highest BCUT2D eigenvalue weighted by Crippen LogP contribution is 2.07. The van der Waals surface area contributed by atoms with Crippen molar-refractivity contribution in [1.29, 1.82) is 0 Å². The quantitative estimate of drug-likeness (QED) is 0.769.